The summed E-state index contributed by atoms with van der Waals surface area (Å²) in [6, 6.07) is 0. The van der Waals surface area contributed by atoms with Crippen LogP contribution in [0.15, 0.2) is 17.1 Å². The molecule has 0 bridgehead atoms. The number of hydrogen-bond acceptors (Lipinski definition) is 1. The Labute approximate surface area is 83.0 Å². The molecule has 0 amide bonds. The van der Waals surface area contributed by atoms with Crippen LogP contribution in [-0.2, 0) is 0 Å². The van der Waals surface area contributed by atoms with Gasteiger partial charge in [-0.15, -0.1) is 0 Å². The highest BCUT2D eigenvalue weighted by atomic mass is 14.6. The molecular weight excluding hydrogens is 158 g/mol. The van der Waals surface area contributed by atoms with Crippen LogP contribution in [0, 0.1) is 11.8 Å². The van der Waals surface area contributed by atoms with Crippen molar-refractivity contribution in [2.24, 2.45) is 16.8 Å². The molecule has 0 saturated carbocycles. The molecule has 76 valence electrons. The van der Waals surface area contributed by atoms with E-state index in [1.807, 2.05) is 13.3 Å². The van der Waals surface area contributed by atoms with E-state index in [1.165, 1.54) is 12.8 Å². The van der Waals surface area contributed by atoms with Gasteiger partial charge < -0.3 is 4.99 Å². The summed E-state index contributed by atoms with van der Waals surface area (Å²) in [5.74, 6) is 1.24. The fraction of sp³-hybridized carbons (Fsp3) is 0.750. The summed E-state index contributed by atoms with van der Waals surface area (Å²) in [5, 5.41) is 0. The molecule has 0 fully saturated rings. The molecule has 0 aliphatic heterocycles. The Kier molecular flexibility index (Phi) is 7.66. The van der Waals surface area contributed by atoms with Gasteiger partial charge in [0.2, 0.25) is 0 Å². The van der Waals surface area contributed by atoms with Crippen LogP contribution >= 0.6 is 0 Å². The van der Waals surface area contributed by atoms with Gasteiger partial charge in [-0.3, -0.25) is 0 Å². The van der Waals surface area contributed by atoms with Crippen LogP contribution in [0.3, 0.4) is 0 Å². The molecule has 0 heterocycles. The number of rotatable bonds is 6. The van der Waals surface area contributed by atoms with Crippen LogP contribution in [0.25, 0.3) is 0 Å². The van der Waals surface area contributed by atoms with Crippen molar-refractivity contribution >= 4 is 6.21 Å². The third-order valence-electron chi connectivity index (χ3n) is 2.24. The van der Waals surface area contributed by atoms with Gasteiger partial charge in [0, 0.05) is 19.2 Å². The summed E-state index contributed by atoms with van der Waals surface area (Å²) in [6.45, 7) is 6.70. The highest BCUT2D eigenvalue weighted by molar-refractivity contribution is 5.62. The molecule has 0 radical (unpaired) electrons. The zero-order valence-electron chi connectivity index (χ0n) is 9.46. The van der Waals surface area contributed by atoms with Crippen molar-refractivity contribution in [2.75, 3.05) is 7.05 Å². The van der Waals surface area contributed by atoms with Crippen LogP contribution < -0.4 is 0 Å². The van der Waals surface area contributed by atoms with Crippen LogP contribution in [0.1, 0.15) is 40.0 Å². The van der Waals surface area contributed by atoms with Crippen molar-refractivity contribution in [1.82, 2.24) is 0 Å². The van der Waals surface area contributed by atoms with Crippen LogP contribution in [0.4, 0.5) is 0 Å². The van der Waals surface area contributed by atoms with E-state index >= 15 is 0 Å². The molecule has 0 aliphatic carbocycles. The summed E-state index contributed by atoms with van der Waals surface area (Å²) < 4.78 is 0. The fourth-order valence-corrected chi connectivity index (χ4v) is 1.37. The number of aliphatic imine (C=N–C) groups is 1. The Hall–Kier alpha value is -0.590. The van der Waals surface area contributed by atoms with Gasteiger partial charge in [-0.1, -0.05) is 39.3 Å². The molecule has 2 unspecified atom stereocenters. The van der Waals surface area contributed by atoms with E-state index in [-0.39, 0.29) is 0 Å². The Balaban J connectivity index is 3.90. The second-order valence-electron chi connectivity index (χ2n) is 3.63. The Morgan fingerprint density at radius 1 is 1.23 bits per heavy atom. The van der Waals surface area contributed by atoms with Gasteiger partial charge in [-0.2, -0.15) is 0 Å². The maximum Gasteiger partial charge on any atom is 0.0273 e. The van der Waals surface area contributed by atoms with E-state index in [2.05, 4.69) is 37.9 Å². The van der Waals surface area contributed by atoms with Crippen LogP contribution in [-0.4, -0.2) is 13.3 Å². The van der Waals surface area contributed by atoms with E-state index in [4.69, 9.17) is 0 Å². The Morgan fingerprint density at radius 2 is 1.92 bits per heavy atom. The minimum absolute atomic E-state index is 0.532. The summed E-state index contributed by atoms with van der Waals surface area (Å²) in [5.41, 5.74) is 0. The first-order chi connectivity index (χ1) is 6.24. The molecule has 0 rings (SSSR count). The largest absolute Gasteiger partial charge is 0.300 e. The second-order valence-corrected chi connectivity index (χ2v) is 3.63. The molecule has 0 aromatic rings. The molecule has 0 N–H and O–H groups in total. The van der Waals surface area contributed by atoms with Gasteiger partial charge in [0.1, 0.15) is 0 Å². The average Bonchev–Trinajstić information content (AvgIpc) is 2.12. The standard InChI is InChI=1S/C12H23N/c1-5-7-11(3)8-9-12(6-2)10-13-4/h8-12H,5-7H2,1-4H3/b9-8-,13-10?. The molecule has 13 heavy (non-hydrogen) atoms. The zero-order valence-corrected chi connectivity index (χ0v) is 9.46. The fourth-order valence-electron chi connectivity index (χ4n) is 1.37. The van der Waals surface area contributed by atoms with E-state index in [0.717, 1.165) is 6.42 Å². The Bertz CT molecular complexity index is 159. The third-order valence-corrected chi connectivity index (χ3v) is 2.24. The molecule has 0 saturated heterocycles. The number of hydrogen-bond donors (Lipinski definition) is 0. The summed E-state index contributed by atoms with van der Waals surface area (Å²) in [7, 11) is 1.84. The van der Waals surface area contributed by atoms with Crippen molar-refractivity contribution in [3.63, 3.8) is 0 Å². The van der Waals surface area contributed by atoms with E-state index in [0.29, 0.717) is 11.8 Å². The Morgan fingerprint density at radius 3 is 2.38 bits per heavy atom. The lowest BCUT2D eigenvalue weighted by Gasteiger charge is -2.05. The van der Waals surface area contributed by atoms with E-state index < -0.39 is 0 Å². The van der Waals surface area contributed by atoms with Crippen molar-refractivity contribution in [3.05, 3.63) is 12.2 Å². The summed E-state index contributed by atoms with van der Waals surface area (Å²) >= 11 is 0. The van der Waals surface area contributed by atoms with Crippen LogP contribution in [0.5, 0.6) is 0 Å². The van der Waals surface area contributed by atoms with Crippen LogP contribution in [0.2, 0.25) is 0 Å². The number of nitrogens with zero attached hydrogens (tertiary/aromatic N) is 1. The molecule has 0 aliphatic rings. The van der Waals surface area contributed by atoms with E-state index in [9.17, 15) is 0 Å². The summed E-state index contributed by atoms with van der Waals surface area (Å²) in [6.07, 6.45) is 10.3. The normalized spacial score (nSPS) is 16.9. The number of allylic oxidation sites excluding steroid dienone is 2. The van der Waals surface area contributed by atoms with Crippen molar-refractivity contribution in [2.45, 2.75) is 40.0 Å². The molecule has 0 aromatic carbocycles. The minimum atomic E-state index is 0.532. The lowest BCUT2D eigenvalue weighted by atomic mass is 10.0. The lowest BCUT2D eigenvalue weighted by molar-refractivity contribution is 0.629. The highest BCUT2D eigenvalue weighted by Crippen LogP contribution is 2.09. The second kappa shape index (κ2) is 8.03. The predicted molar refractivity (Wildman–Crippen MR) is 61.4 cm³/mol. The predicted octanol–water partition coefficient (Wildman–Crippen LogP) is 3.71. The maximum absolute atomic E-state index is 4.05. The maximum atomic E-state index is 4.05. The lowest BCUT2D eigenvalue weighted by Crippen LogP contribution is -1.97. The molecule has 0 spiro atoms. The van der Waals surface area contributed by atoms with Gasteiger partial charge in [0.05, 0.1) is 0 Å². The van der Waals surface area contributed by atoms with Gasteiger partial charge in [-0.05, 0) is 18.8 Å². The molecule has 1 nitrogen and oxygen atoms in total. The first-order valence-electron chi connectivity index (χ1n) is 5.35. The van der Waals surface area contributed by atoms with Gasteiger partial charge in [0.25, 0.3) is 0 Å². The smallest absolute Gasteiger partial charge is 0.0273 e. The average molecular weight is 181 g/mol. The molecule has 2 atom stereocenters. The molecule has 1 heteroatoms. The molecule has 0 aromatic heterocycles. The summed E-state index contributed by atoms with van der Waals surface area (Å²) in [4.78, 5) is 4.05. The van der Waals surface area contributed by atoms with Crippen molar-refractivity contribution < 1.29 is 0 Å². The SMILES string of the molecule is CCCC(C)/C=C\C(C=NC)CC. The third kappa shape index (κ3) is 6.56. The topological polar surface area (TPSA) is 12.4 Å². The quantitative estimate of drug-likeness (QED) is 0.437. The van der Waals surface area contributed by atoms with Crippen molar-refractivity contribution in [3.8, 4) is 0 Å². The first kappa shape index (κ1) is 12.4. The zero-order chi connectivity index (χ0) is 10.1. The monoisotopic (exact) mass is 181 g/mol. The first-order valence-corrected chi connectivity index (χ1v) is 5.35. The van der Waals surface area contributed by atoms with Crippen molar-refractivity contribution in [1.29, 1.82) is 0 Å². The van der Waals surface area contributed by atoms with Gasteiger partial charge in [0.15, 0.2) is 0 Å². The molecular formula is C12H23N. The van der Waals surface area contributed by atoms with Gasteiger partial charge >= 0.3 is 0 Å². The highest BCUT2D eigenvalue weighted by Gasteiger charge is 1.98. The van der Waals surface area contributed by atoms with E-state index in [1.54, 1.807) is 0 Å². The minimum Gasteiger partial charge on any atom is -0.300 e. The van der Waals surface area contributed by atoms with Gasteiger partial charge in [-0.25, -0.2) is 0 Å².